The van der Waals surface area contributed by atoms with Gasteiger partial charge in [0.2, 0.25) is 0 Å². The first kappa shape index (κ1) is 66.6. The average molecular weight is 966 g/mol. The average Bonchev–Trinajstić information content (AvgIpc) is 3.35. The van der Waals surface area contributed by atoms with Gasteiger partial charge in [-0.05, 0) is 57.8 Å². The predicted molar refractivity (Wildman–Crippen MR) is 302 cm³/mol. The number of hydrogen-bond donors (Lipinski definition) is 1. The molecule has 0 amide bonds. The van der Waals surface area contributed by atoms with E-state index in [0.717, 1.165) is 70.6 Å². The summed E-state index contributed by atoms with van der Waals surface area (Å²) in [5, 5.41) is 9.67. The predicted octanol–water partition coefficient (Wildman–Crippen LogP) is 20.6. The fraction of sp³-hybridized carbons (Fsp3) is 0.812. The molecular formula is C64H116O5. The fourth-order valence-electron chi connectivity index (χ4n) is 9.06. The fourth-order valence-corrected chi connectivity index (χ4v) is 9.06. The van der Waals surface area contributed by atoms with Crippen LogP contribution in [0, 0.1) is 0 Å². The summed E-state index contributed by atoms with van der Waals surface area (Å²) in [5.74, 6) is -0.580. The SMILES string of the molecule is CC/C=C\C/C=C\C/C=C\C/C=C\C/C=C\CCCCCCCCCCCCCC(=O)OC(CO)COC(=O)CCCCCCCCCCCCCCCCCCCCCCCCCCCCCC. The van der Waals surface area contributed by atoms with E-state index in [1.54, 1.807) is 0 Å². The van der Waals surface area contributed by atoms with Crippen LogP contribution in [0.15, 0.2) is 60.8 Å². The van der Waals surface area contributed by atoms with E-state index in [1.807, 2.05) is 0 Å². The summed E-state index contributed by atoms with van der Waals surface area (Å²) in [5.41, 5.74) is 0. The van der Waals surface area contributed by atoms with Crippen molar-refractivity contribution in [2.24, 2.45) is 0 Å². The Morgan fingerprint density at radius 1 is 0.348 bits per heavy atom. The summed E-state index contributed by atoms with van der Waals surface area (Å²) < 4.78 is 10.7. The molecule has 69 heavy (non-hydrogen) atoms. The zero-order chi connectivity index (χ0) is 49.9. The third kappa shape index (κ3) is 58.1. The van der Waals surface area contributed by atoms with E-state index >= 15 is 0 Å². The second-order valence-corrected chi connectivity index (χ2v) is 20.4. The number of aliphatic hydroxyl groups excluding tert-OH is 1. The lowest BCUT2D eigenvalue weighted by molar-refractivity contribution is -0.161. The first-order valence-corrected chi connectivity index (χ1v) is 30.3. The number of hydrogen-bond acceptors (Lipinski definition) is 5. The molecule has 0 aromatic carbocycles. The first-order valence-electron chi connectivity index (χ1n) is 30.3. The van der Waals surface area contributed by atoms with E-state index in [-0.39, 0.29) is 25.2 Å². The minimum absolute atomic E-state index is 0.0646. The molecule has 0 heterocycles. The van der Waals surface area contributed by atoms with Gasteiger partial charge < -0.3 is 14.6 Å². The second-order valence-electron chi connectivity index (χ2n) is 20.4. The van der Waals surface area contributed by atoms with Gasteiger partial charge in [0.1, 0.15) is 6.61 Å². The maximum atomic E-state index is 12.3. The van der Waals surface area contributed by atoms with Crippen molar-refractivity contribution in [3.8, 4) is 0 Å². The van der Waals surface area contributed by atoms with Crippen LogP contribution in [0.2, 0.25) is 0 Å². The van der Waals surface area contributed by atoms with Gasteiger partial charge >= 0.3 is 11.9 Å². The zero-order valence-corrected chi connectivity index (χ0v) is 46.1. The van der Waals surface area contributed by atoms with E-state index < -0.39 is 6.10 Å². The van der Waals surface area contributed by atoms with Gasteiger partial charge in [0.15, 0.2) is 6.10 Å². The molecule has 0 aromatic rings. The Morgan fingerprint density at radius 3 is 0.942 bits per heavy atom. The summed E-state index contributed by atoms with van der Waals surface area (Å²) in [6.45, 7) is 4.07. The Kier molecular flexibility index (Phi) is 57.8. The normalized spacial score (nSPS) is 12.6. The van der Waals surface area contributed by atoms with Crippen LogP contribution >= 0.6 is 0 Å². The first-order chi connectivity index (χ1) is 34.1. The van der Waals surface area contributed by atoms with Crippen molar-refractivity contribution in [3.63, 3.8) is 0 Å². The topological polar surface area (TPSA) is 72.8 Å². The van der Waals surface area contributed by atoms with Crippen LogP contribution in [0.5, 0.6) is 0 Å². The van der Waals surface area contributed by atoms with Crippen molar-refractivity contribution in [3.05, 3.63) is 60.8 Å². The van der Waals surface area contributed by atoms with Crippen molar-refractivity contribution in [2.75, 3.05) is 13.2 Å². The largest absolute Gasteiger partial charge is 0.462 e. The third-order valence-electron chi connectivity index (χ3n) is 13.6. The Hall–Kier alpha value is -2.40. The number of ether oxygens (including phenoxy) is 2. The van der Waals surface area contributed by atoms with Gasteiger partial charge in [-0.15, -0.1) is 0 Å². The maximum absolute atomic E-state index is 12.3. The summed E-state index contributed by atoms with van der Waals surface area (Å²) in [7, 11) is 0. The minimum Gasteiger partial charge on any atom is -0.462 e. The summed E-state index contributed by atoms with van der Waals surface area (Å²) in [6.07, 6.45) is 80.7. The standard InChI is InChI=1S/C64H116O5/c1-3-5-7-9-11-13-15-17-19-21-23-25-27-29-31-33-34-36-38-40-42-44-46-48-50-52-54-56-58-63(66)68-61-62(60-65)69-64(67)59-57-55-53-51-49-47-45-43-41-39-37-35-32-30-28-26-24-22-20-18-16-14-12-10-8-6-4-2/h6,8,12,14,18,20,24,26,30,32,62,65H,3-5,7,9-11,13,15-17,19,21-23,25,27-29,31,33-61H2,1-2H3/b8-6-,14-12-,20-18-,26-24-,32-30-. The maximum Gasteiger partial charge on any atom is 0.306 e. The third-order valence-corrected chi connectivity index (χ3v) is 13.6. The number of carbonyl (C=O) groups is 2. The molecule has 0 radical (unpaired) electrons. The molecule has 0 aliphatic heterocycles. The zero-order valence-electron chi connectivity index (χ0n) is 46.1. The Labute approximate surface area is 430 Å². The Morgan fingerprint density at radius 2 is 0.623 bits per heavy atom. The molecule has 0 spiro atoms. The monoisotopic (exact) mass is 965 g/mol. The van der Waals surface area contributed by atoms with E-state index in [2.05, 4.69) is 74.6 Å². The van der Waals surface area contributed by atoms with Gasteiger partial charge in [-0.2, -0.15) is 0 Å². The summed E-state index contributed by atoms with van der Waals surface area (Å²) in [4.78, 5) is 24.6. The van der Waals surface area contributed by atoms with Gasteiger partial charge in [0, 0.05) is 12.8 Å². The molecule has 402 valence electrons. The minimum atomic E-state index is -0.775. The highest BCUT2D eigenvalue weighted by Crippen LogP contribution is 2.18. The van der Waals surface area contributed by atoms with Crippen molar-refractivity contribution in [1.82, 2.24) is 0 Å². The molecule has 0 aliphatic carbocycles. The van der Waals surface area contributed by atoms with Crippen LogP contribution < -0.4 is 0 Å². The van der Waals surface area contributed by atoms with Gasteiger partial charge in [-0.3, -0.25) is 9.59 Å². The van der Waals surface area contributed by atoms with Crippen molar-refractivity contribution < 1.29 is 24.2 Å². The Balaban J connectivity index is 3.45. The molecule has 0 saturated carbocycles. The van der Waals surface area contributed by atoms with Crippen molar-refractivity contribution >= 4 is 11.9 Å². The van der Waals surface area contributed by atoms with Crippen LogP contribution in [0.25, 0.3) is 0 Å². The lowest BCUT2D eigenvalue weighted by atomic mass is 10.0. The van der Waals surface area contributed by atoms with Crippen LogP contribution in [-0.2, 0) is 19.1 Å². The second kappa shape index (κ2) is 59.9. The van der Waals surface area contributed by atoms with E-state index in [4.69, 9.17) is 9.47 Å². The smallest absolute Gasteiger partial charge is 0.306 e. The highest BCUT2D eigenvalue weighted by atomic mass is 16.6. The lowest BCUT2D eigenvalue weighted by Crippen LogP contribution is -2.28. The molecule has 1 atom stereocenters. The number of allylic oxidation sites excluding steroid dienone is 10. The molecule has 1 N–H and O–H groups in total. The van der Waals surface area contributed by atoms with Crippen LogP contribution in [0.4, 0.5) is 0 Å². The number of unbranched alkanes of at least 4 members (excludes halogenated alkanes) is 38. The summed E-state index contributed by atoms with van der Waals surface area (Å²) >= 11 is 0. The number of rotatable bonds is 56. The molecule has 0 rings (SSSR count). The van der Waals surface area contributed by atoms with Gasteiger partial charge in [-0.25, -0.2) is 0 Å². The summed E-state index contributed by atoms with van der Waals surface area (Å²) in [6, 6.07) is 0. The van der Waals surface area contributed by atoms with Crippen LogP contribution in [0.3, 0.4) is 0 Å². The molecule has 0 aromatic heterocycles. The van der Waals surface area contributed by atoms with Gasteiger partial charge in [-0.1, -0.05) is 306 Å². The van der Waals surface area contributed by atoms with Gasteiger partial charge in [0.25, 0.3) is 0 Å². The quantitative estimate of drug-likeness (QED) is 0.0373. The molecule has 0 bridgehead atoms. The molecule has 5 heteroatoms. The van der Waals surface area contributed by atoms with Gasteiger partial charge in [0.05, 0.1) is 6.61 Å². The van der Waals surface area contributed by atoms with E-state index in [9.17, 15) is 14.7 Å². The van der Waals surface area contributed by atoms with Crippen LogP contribution in [0.1, 0.15) is 316 Å². The molecule has 0 fully saturated rings. The van der Waals surface area contributed by atoms with Crippen LogP contribution in [-0.4, -0.2) is 36.4 Å². The van der Waals surface area contributed by atoms with Crippen molar-refractivity contribution in [1.29, 1.82) is 0 Å². The number of esters is 2. The number of carbonyl (C=O) groups excluding carboxylic acids is 2. The molecule has 0 aliphatic rings. The molecular weight excluding hydrogens is 849 g/mol. The van der Waals surface area contributed by atoms with Crippen molar-refractivity contribution in [2.45, 2.75) is 322 Å². The van der Waals surface area contributed by atoms with E-state index in [1.165, 1.54) is 218 Å². The lowest BCUT2D eigenvalue weighted by Gasteiger charge is -2.15. The highest BCUT2D eigenvalue weighted by Gasteiger charge is 2.16. The highest BCUT2D eigenvalue weighted by molar-refractivity contribution is 5.70. The molecule has 5 nitrogen and oxygen atoms in total. The Bertz CT molecular complexity index is 1180. The number of aliphatic hydroxyl groups is 1. The molecule has 0 saturated heterocycles. The van der Waals surface area contributed by atoms with E-state index in [0.29, 0.717) is 12.8 Å². The molecule has 1 unspecified atom stereocenters.